The molecular weight excluding hydrogens is 332 g/mol. The second-order valence-electron chi connectivity index (χ2n) is 5.56. The van der Waals surface area contributed by atoms with Crippen LogP contribution in [0.1, 0.15) is 35.9 Å². The van der Waals surface area contributed by atoms with Gasteiger partial charge in [-0.15, -0.1) is 0 Å². The number of carbonyl (C=O) groups excluding carboxylic acids is 1. The molecule has 1 aliphatic heterocycles. The van der Waals surface area contributed by atoms with Crippen LogP contribution in [0.4, 0.5) is 0 Å². The number of carbonyl (C=O) groups is 1. The van der Waals surface area contributed by atoms with Gasteiger partial charge in [0.15, 0.2) is 5.78 Å². The number of ketones is 1. The Morgan fingerprint density at radius 1 is 1.43 bits per heavy atom. The fourth-order valence-corrected chi connectivity index (χ4v) is 3.12. The molecule has 1 aromatic carbocycles. The van der Waals surface area contributed by atoms with Gasteiger partial charge in [-0.2, -0.15) is 5.10 Å². The number of benzene rings is 1. The Hall–Kier alpha value is -1.62. The molecule has 110 valence electrons. The Morgan fingerprint density at radius 2 is 2.19 bits per heavy atom. The van der Waals surface area contributed by atoms with Crippen LogP contribution in [0.5, 0.6) is 5.75 Å². The van der Waals surface area contributed by atoms with Crippen LogP contribution in [0.2, 0.25) is 0 Å². The predicted octanol–water partition coefficient (Wildman–Crippen LogP) is 3.66. The lowest BCUT2D eigenvalue weighted by Crippen LogP contribution is -2.30. The lowest BCUT2D eigenvalue weighted by atomic mass is 9.91. The SMILES string of the molecule is CC(C)n1ncc(Br)c1C(=O)C1COc2ccccc2C1. The summed E-state index contributed by atoms with van der Waals surface area (Å²) in [5, 5.41) is 4.28. The molecule has 4 nitrogen and oxygen atoms in total. The highest BCUT2D eigenvalue weighted by Gasteiger charge is 2.30. The van der Waals surface area contributed by atoms with Crippen molar-refractivity contribution in [3.8, 4) is 5.75 Å². The highest BCUT2D eigenvalue weighted by molar-refractivity contribution is 9.10. The first-order chi connectivity index (χ1) is 10.1. The van der Waals surface area contributed by atoms with Gasteiger partial charge in [0.25, 0.3) is 0 Å². The minimum absolute atomic E-state index is 0.0857. The molecule has 0 fully saturated rings. The van der Waals surface area contributed by atoms with Gasteiger partial charge in [-0.05, 0) is 47.8 Å². The van der Waals surface area contributed by atoms with Gasteiger partial charge in [-0.3, -0.25) is 9.48 Å². The van der Waals surface area contributed by atoms with Crippen molar-refractivity contribution in [2.75, 3.05) is 6.61 Å². The Morgan fingerprint density at radius 3 is 2.95 bits per heavy atom. The second kappa shape index (κ2) is 5.64. The zero-order chi connectivity index (χ0) is 15.0. The molecule has 1 unspecified atom stereocenters. The molecule has 0 bridgehead atoms. The van der Waals surface area contributed by atoms with Gasteiger partial charge < -0.3 is 4.74 Å². The highest BCUT2D eigenvalue weighted by atomic mass is 79.9. The van der Waals surface area contributed by atoms with Gasteiger partial charge >= 0.3 is 0 Å². The predicted molar refractivity (Wildman–Crippen MR) is 83.8 cm³/mol. The van der Waals surface area contributed by atoms with Gasteiger partial charge in [-0.1, -0.05) is 18.2 Å². The van der Waals surface area contributed by atoms with Crippen LogP contribution in [-0.2, 0) is 6.42 Å². The quantitative estimate of drug-likeness (QED) is 0.795. The van der Waals surface area contributed by atoms with Crippen LogP contribution in [0.15, 0.2) is 34.9 Å². The molecule has 0 saturated carbocycles. The Bertz CT molecular complexity index is 679. The van der Waals surface area contributed by atoms with E-state index in [2.05, 4.69) is 21.0 Å². The summed E-state index contributed by atoms with van der Waals surface area (Å²) in [7, 11) is 0. The average Bonchev–Trinajstić information content (AvgIpc) is 2.88. The molecule has 2 heterocycles. The van der Waals surface area contributed by atoms with Crippen molar-refractivity contribution in [2.24, 2.45) is 5.92 Å². The number of para-hydroxylation sites is 1. The van der Waals surface area contributed by atoms with Crippen molar-refractivity contribution in [2.45, 2.75) is 26.3 Å². The minimum Gasteiger partial charge on any atom is -0.493 e. The molecule has 1 atom stereocenters. The number of ether oxygens (including phenoxy) is 1. The Labute approximate surface area is 132 Å². The topological polar surface area (TPSA) is 44.1 Å². The molecule has 0 aliphatic carbocycles. The fraction of sp³-hybridized carbons (Fsp3) is 0.375. The van der Waals surface area contributed by atoms with E-state index < -0.39 is 0 Å². The summed E-state index contributed by atoms with van der Waals surface area (Å²) in [6, 6.07) is 8.04. The molecule has 3 rings (SSSR count). The van der Waals surface area contributed by atoms with Gasteiger partial charge in [0.2, 0.25) is 0 Å². The highest BCUT2D eigenvalue weighted by Crippen LogP contribution is 2.30. The summed E-state index contributed by atoms with van der Waals surface area (Å²) in [6.45, 7) is 4.46. The smallest absolute Gasteiger partial charge is 0.188 e. The van der Waals surface area contributed by atoms with Gasteiger partial charge in [0.05, 0.1) is 23.2 Å². The van der Waals surface area contributed by atoms with E-state index in [0.717, 1.165) is 15.8 Å². The maximum absolute atomic E-state index is 12.8. The third kappa shape index (κ3) is 2.62. The van der Waals surface area contributed by atoms with Crippen LogP contribution < -0.4 is 4.74 Å². The fourth-order valence-electron chi connectivity index (χ4n) is 2.65. The lowest BCUT2D eigenvalue weighted by molar-refractivity contribution is 0.0841. The molecule has 5 heteroatoms. The molecular formula is C16H17BrN2O2. The van der Waals surface area contributed by atoms with Crippen LogP contribution in [-0.4, -0.2) is 22.2 Å². The maximum atomic E-state index is 12.8. The van der Waals surface area contributed by atoms with Crippen molar-refractivity contribution in [1.29, 1.82) is 0 Å². The van der Waals surface area contributed by atoms with Crippen molar-refractivity contribution < 1.29 is 9.53 Å². The molecule has 0 amide bonds. The Kier molecular flexibility index (Phi) is 3.85. The zero-order valence-corrected chi connectivity index (χ0v) is 13.6. The van der Waals surface area contributed by atoms with Crippen LogP contribution in [0.25, 0.3) is 0 Å². The first-order valence-electron chi connectivity index (χ1n) is 7.06. The summed E-state index contributed by atoms with van der Waals surface area (Å²) >= 11 is 3.44. The number of aromatic nitrogens is 2. The van der Waals surface area contributed by atoms with Crippen molar-refractivity contribution >= 4 is 21.7 Å². The number of Topliss-reactive ketones (excluding diaryl/α,β-unsaturated/α-hetero) is 1. The van der Waals surface area contributed by atoms with E-state index in [-0.39, 0.29) is 17.7 Å². The van der Waals surface area contributed by atoms with E-state index >= 15 is 0 Å². The average molecular weight is 349 g/mol. The van der Waals surface area contributed by atoms with E-state index in [0.29, 0.717) is 18.7 Å². The maximum Gasteiger partial charge on any atom is 0.188 e. The zero-order valence-electron chi connectivity index (χ0n) is 12.0. The van der Waals surface area contributed by atoms with Crippen molar-refractivity contribution in [3.63, 3.8) is 0 Å². The summed E-state index contributed by atoms with van der Waals surface area (Å²) in [6.07, 6.45) is 2.40. The number of hydrogen-bond donors (Lipinski definition) is 0. The van der Waals surface area contributed by atoms with E-state index in [9.17, 15) is 4.79 Å². The van der Waals surface area contributed by atoms with E-state index in [1.807, 2.05) is 38.1 Å². The van der Waals surface area contributed by atoms with E-state index in [4.69, 9.17) is 4.74 Å². The summed E-state index contributed by atoms with van der Waals surface area (Å²) in [5.41, 5.74) is 1.73. The van der Waals surface area contributed by atoms with Gasteiger partial charge in [0, 0.05) is 6.04 Å². The minimum atomic E-state index is -0.162. The van der Waals surface area contributed by atoms with Gasteiger partial charge in [-0.25, -0.2) is 0 Å². The molecule has 0 radical (unpaired) electrons. The van der Waals surface area contributed by atoms with Crippen molar-refractivity contribution in [1.82, 2.24) is 9.78 Å². The van der Waals surface area contributed by atoms with Crippen LogP contribution >= 0.6 is 15.9 Å². The Balaban J connectivity index is 1.89. The third-order valence-electron chi connectivity index (χ3n) is 3.72. The standard InChI is InChI=1S/C16H17BrN2O2/c1-10(2)19-15(13(17)8-18-19)16(20)12-7-11-5-3-4-6-14(11)21-9-12/h3-6,8,10,12H,7,9H2,1-2H3. The first kappa shape index (κ1) is 14.3. The normalized spacial score (nSPS) is 17.4. The van der Waals surface area contributed by atoms with Crippen LogP contribution in [0, 0.1) is 5.92 Å². The number of rotatable bonds is 3. The summed E-state index contributed by atoms with van der Waals surface area (Å²) in [4.78, 5) is 12.8. The number of nitrogens with zero attached hydrogens (tertiary/aromatic N) is 2. The lowest BCUT2D eigenvalue weighted by Gasteiger charge is -2.25. The number of halogens is 1. The third-order valence-corrected chi connectivity index (χ3v) is 4.30. The summed E-state index contributed by atoms with van der Waals surface area (Å²) in [5.74, 6) is 0.811. The van der Waals surface area contributed by atoms with Crippen molar-refractivity contribution in [3.05, 3.63) is 46.2 Å². The largest absolute Gasteiger partial charge is 0.493 e. The molecule has 0 spiro atoms. The number of fused-ring (bicyclic) bond motifs is 1. The van der Waals surface area contributed by atoms with E-state index in [1.165, 1.54) is 0 Å². The first-order valence-corrected chi connectivity index (χ1v) is 7.85. The number of hydrogen-bond acceptors (Lipinski definition) is 3. The van der Waals surface area contributed by atoms with Crippen LogP contribution in [0.3, 0.4) is 0 Å². The molecule has 21 heavy (non-hydrogen) atoms. The summed E-state index contributed by atoms with van der Waals surface area (Å²) < 4.78 is 8.25. The monoisotopic (exact) mass is 348 g/mol. The van der Waals surface area contributed by atoms with Gasteiger partial charge in [0.1, 0.15) is 11.4 Å². The molecule has 1 aliphatic rings. The second-order valence-corrected chi connectivity index (χ2v) is 6.42. The molecule has 0 N–H and O–H groups in total. The molecule has 2 aromatic rings. The molecule has 0 saturated heterocycles. The molecule has 1 aromatic heterocycles. The van der Waals surface area contributed by atoms with E-state index in [1.54, 1.807) is 10.9 Å².